The minimum absolute atomic E-state index is 0.295. The van der Waals surface area contributed by atoms with Gasteiger partial charge in [0.15, 0.2) is 0 Å². The third-order valence-corrected chi connectivity index (χ3v) is 5.41. The number of alkyl halides is 3. The fourth-order valence-electron chi connectivity index (χ4n) is 3.89. The Balaban J connectivity index is 1.43. The number of aromatic nitrogens is 5. The fourth-order valence-corrected chi connectivity index (χ4v) is 3.89. The number of pyridine rings is 2. The van der Waals surface area contributed by atoms with Crippen molar-refractivity contribution in [2.24, 2.45) is 0 Å². The number of fused-ring (bicyclic) bond motifs is 2. The van der Waals surface area contributed by atoms with Crippen molar-refractivity contribution in [1.29, 1.82) is 0 Å². The zero-order valence-corrected chi connectivity index (χ0v) is 16.5. The summed E-state index contributed by atoms with van der Waals surface area (Å²) in [5, 5.41) is 11.4. The predicted molar refractivity (Wildman–Crippen MR) is 105 cm³/mol. The van der Waals surface area contributed by atoms with Crippen LogP contribution < -0.4 is 5.32 Å². The summed E-state index contributed by atoms with van der Waals surface area (Å²) in [6.07, 6.45) is 0.480. The molecule has 0 aromatic carbocycles. The molecule has 1 N–H and O–H groups in total. The maximum Gasteiger partial charge on any atom is 0.433 e. The van der Waals surface area contributed by atoms with Crippen molar-refractivity contribution in [2.75, 3.05) is 0 Å². The second kappa shape index (κ2) is 7.43. The van der Waals surface area contributed by atoms with Gasteiger partial charge in [-0.1, -0.05) is 0 Å². The Morgan fingerprint density at radius 1 is 1.19 bits per heavy atom. The lowest BCUT2D eigenvalue weighted by Crippen LogP contribution is -2.32. The maximum absolute atomic E-state index is 13.4. The van der Waals surface area contributed by atoms with E-state index in [0.717, 1.165) is 18.7 Å². The molecule has 0 radical (unpaired) electrons. The van der Waals surface area contributed by atoms with Crippen LogP contribution in [0.2, 0.25) is 0 Å². The van der Waals surface area contributed by atoms with Crippen molar-refractivity contribution in [2.45, 2.75) is 31.6 Å². The van der Waals surface area contributed by atoms with Crippen molar-refractivity contribution in [1.82, 2.24) is 29.7 Å². The molecule has 4 aromatic rings. The molecular formula is C21H16F4N6O. The quantitative estimate of drug-likeness (QED) is 0.485. The van der Waals surface area contributed by atoms with E-state index in [1.807, 2.05) is 0 Å². The zero-order valence-electron chi connectivity index (χ0n) is 16.5. The molecule has 1 unspecified atom stereocenters. The number of nitrogens with zero attached hydrogens (tertiary/aromatic N) is 5. The number of halogens is 4. The predicted octanol–water partition coefficient (Wildman–Crippen LogP) is 4.02. The summed E-state index contributed by atoms with van der Waals surface area (Å²) in [5.74, 6) is -0.850. The molecule has 7 nitrogen and oxygen atoms in total. The summed E-state index contributed by atoms with van der Waals surface area (Å²) in [7, 11) is 0. The molecule has 1 aliphatic heterocycles. The molecule has 5 heterocycles. The fraction of sp³-hybridized carbons (Fsp3) is 0.238. The number of nitrogens with one attached hydrogen (secondary N) is 1. The van der Waals surface area contributed by atoms with Crippen LogP contribution >= 0.6 is 0 Å². The van der Waals surface area contributed by atoms with E-state index in [1.165, 1.54) is 35.1 Å². The van der Waals surface area contributed by atoms with Gasteiger partial charge in [-0.3, -0.25) is 14.5 Å². The van der Waals surface area contributed by atoms with E-state index in [2.05, 4.69) is 20.5 Å². The monoisotopic (exact) mass is 444 g/mol. The third kappa shape index (κ3) is 3.59. The highest BCUT2D eigenvalue weighted by Gasteiger charge is 2.33. The van der Waals surface area contributed by atoms with Crippen molar-refractivity contribution >= 4 is 11.4 Å². The smallest absolute Gasteiger partial charge is 0.344 e. The summed E-state index contributed by atoms with van der Waals surface area (Å²) in [4.78, 5) is 16.3. The first-order chi connectivity index (χ1) is 15.3. The van der Waals surface area contributed by atoms with Crippen molar-refractivity contribution in [3.8, 4) is 11.3 Å². The van der Waals surface area contributed by atoms with Gasteiger partial charge in [0.1, 0.15) is 11.5 Å². The molecule has 11 heteroatoms. The lowest BCUT2D eigenvalue weighted by molar-refractivity contribution is -0.141. The Labute approximate surface area is 178 Å². The first-order valence-electron chi connectivity index (χ1n) is 9.85. The number of hydrogen-bond donors (Lipinski definition) is 1. The molecule has 0 fully saturated rings. The van der Waals surface area contributed by atoms with Crippen LogP contribution in [0.15, 0.2) is 48.9 Å². The third-order valence-electron chi connectivity index (χ3n) is 5.41. The van der Waals surface area contributed by atoms with Gasteiger partial charge in [0.2, 0.25) is 0 Å². The Morgan fingerprint density at radius 2 is 2.03 bits per heavy atom. The second-order valence-corrected chi connectivity index (χ2v) is 7.51. The highest BCUT2D eigenvalue weighted by atomic mass is 19.4. The van der Waals surface area contributed by atoms with E-state index < -0.39 is 17.7 Å². The molecule has 1 atom stereocenters. The van der Waals surface area contributed by atoms with Crippen LogP contribution in [0.1, 0.15) is 40.6 Å². The normalized spacial score (nSPS) is 16.2. The minimum atomic E-state index is -4.55. The van der Waals surface area contributed by atoms with Gasteiger partial charge < -0.3 is 5.32 Å². The van der Waals surface area contributed by atoms with Gasteiger partial charge in [0.25, 0.3) is 5.91 Å². The largest absolute Gasteiger partial charge is 0.433 e. The van der Waals surface area contributed by atoms with E-state index in [1.54, 1.807) is 10.7 Å². The lowest BCUT2D eigenvalue weighted by atomic mass is 10.0. The number of aryl methyl sites for hydroxylation is 1. The average molecular weight is 444 g/mol. The molecule has 0 spiro atoms. The number of rotatable bonds is 3. The molecule has 1 aliphatic rings. The van der Waals surface area contributed by atoms with Crippen molar-refractivity contribution < 1.29 is 22.4 Å². The van der Waals surface area contributed by atoms with Crippen LogP contribution in [0.25, 0.3) is 16.8 Å². The Morgan fingerprint density at radius 3 is 2.84 bits per heavy atom. The number of carbonyl (C=O) groups excluding carboxylic acids is 1. The summed E-state index contributed by atoms with van der Waals surface area (Å²) in [5.41, 5.74) is 1.14. The molecular weight excluding hydrogens is 428 g/mol. The first-order valence-corrected chi connectivity index (χ1v) is 9.85. The molecule has 164 valence electrons. The van der Waals surface area contributed by atoms with Crippen LogP contribution in [-0.2, 0) is 12.7 Å². The molecule has 0 aliphatic carbocycles. The summed E-state index contributed by atoms with van der Waals surface area (Å²) in [6, 6.07) is 6.46. The Hall–Kier alpha value is -3.76. The standard InChI is InChI=1S/C21H16F4N6O/c22-13-3-4-17-14(10-27-31(17)11-13)20(32)28-15-2-1-7-30-18(15)9-16(29-30)12-5-6-26-19(8-12)21(23,24)25/h3-6,8-11,15H,1-2,7H2,(H,28,32). The van der Waals surface area contributed by atoms with Crippen LogP contribution in [0.3, 0.4) is 0 Å². The van der Waals surface area contributed by atoms with Gasteiger partial charge in [0, 0.05) is 18.3 Å². The first kappa shape index (κ1) is 20.2. The summed E-state index contributed by atoms with van der Waals surface area (Å²) < 4.78 is 55.4. The van der Waals surface area contributed by atoms with Crippen LogP contribution in [-0.4, -0.2) is 30.3 Å². The van der Waals surface area contributed by atoms with Gasteiger partial charge in [-0.2, -0.15) is 23.4 Å². The van der Waals surface area contributed by atoms with E-state index in [4.69, 9.17) is 0 Å². The molecule has 32 heavy (non-hydrogen) atoms. The Bertz CT molecular complexity index is 1330. The van der Waals surface area contributed by atoms with E-state index in [-0.39, 0.29) is 11.9 Å². The topological polar surface area (TPSA) is 77.1 Å². The van der Waals surface area contributed by atoms with Crippen molar-refractivity contribution in [3.63, 3.8) is 0 Å². The van der Waals surface area contributed by atoms with Gasteiger partial charge in [-0.05, 0) is 43.2 Å². The van der Waals surface area contributed by atoms with E-state index in [0.29, 0.717) is 41.0 Å². The van der Waals surface area contributed by atoms with Gasteiger partial charge >= 0.3 is 6.18 Å². The average Bonchev–Trinajstić information content (AvgIpc) is 3.38. The number of carbonyl (C=O) groups is 1. The molecule has 0 bridgehead atoms. The molecule has 1 amide bonds. The van der Waals surface area contributed by atoms with E-state index in [9.17, 15) is 22.4 Å². The molecule has 5 rings (SSSR count). The van der Waals surface area contributed by atoms with Gasteiger partial charge in [0.05, 0.1) is 40.9 Å². The van der Waals surface area contributed by atoms with E-state index >= 15 is 0 Å². The zero-order chi connectivity index (χ0) is 22.5. The lowest BCUT2D eigenvalue weighted by Gasteiger charge is -2.24. The van der Waals surface area contributed by atoms with Crippen molar-refractivity contribution in [3.05, 3.63) is 71.7 Å². The van der Waals surface area contributed by atoms with Crippen LogP contribution in [0.4, 0.5) is 17.6 Å². The molecule has 0 saturated heterocycles. The molecule has 0 saturated carbocycles. The maximum atomic E-state index is 13.4. The highest BCUT2D eigenvalue weighted by Crippen LogP contribution is 2.33. The Kier molecular flexibility index (Phi) is 4.68. The van der Waals surface area contributed by atoms with Gasteiger partial charge in [-0.15, -0.1) is 0 Å². The number of amides is 1. The highest BCUT2D eigenvalue weighted by molar-refractivity contribution is 6.00. The van der Waals surface area contributed by atoms with Crippen LogP contribution in [0, 0.1) is 5.82 Å². The number of hydrogen-bond acceptors (Lipinski definition) is 4. The van der Waals surface area contributed by atoms with Crippen LogP contribution in [0.5, 0.6) is 0 Å². The minimum Gasteiger partial charge on any atom is -0.344 e. The second-order valence-electron chi connectivity index (χ2n) is 7.51. The SMILES string of the molecule is O=C(NC1CCCn2nc(-c3ccnc(C(F)(F)F)c3)cc21)c1cnn2cc(F)ccc12. The van der Waals surface area contributed by atoms with Gasteiger partial charge in [-0.25, -0.2) is 8.91 Å². The summed E-state index contributed by atoms with van der Waals surface area (Å²) >= 11 is 0. The molecule has 4 aromatic heterocycles. The summed E-state index contributed by atoms with van der Waals surface area (Å²) in [6.45, 7) is 0.592.